The van der Waals surface area contributed by atoms with E-state index in [4.69, 9.17) is 25.8 Å². The predicted molar refractivity (Wildman–Crippen MR) is 113 cm³/mol. The molecule has 0 spiro atoms. The van der Waals surface area contributed by atoms with Gasteiger partial charge in [0.15, 0.2) is 0 Å². The molecular weight excluding hydrogens is 390 g/mol. The van der Waals surface area contributed by atoms with Gasteiger partial charge in [0.25, 0.3) is 0 Å². The minimum Gasteiger partial charge on any atom is -0.468 e. The topological polar surface area (TPSA) is 56.8 Å². The molecule has 0 radical (unpaired) electrons. The molecule has 1 atom stereocenters. The second-order valence-corrected chi connectivity index (χ2v) is 6.78. The molecule has 0 aliphatic carbocycles. The van der Waals surface area contributed by atoms with E-state index in [9.17, 15) is 4.79 Å². The van der Waals surface area contributed by atoms with Gasteiger partial charge in [-0.1, -0.05) is 23.7 Å². The number of carbonyl (C=O) groups excluding carboxylic acids is 1. The first-order valence-corrected chi connectivity index (χ1v) is 9.50. The molecule has 29 heavy (non-hydrogen) atoms. The average Bonchev–Trinajstić information content (AvgIpc) is 2.75. The lowest BCUT2D eigenvalue weighted by atomic mass is 10.1. The van der Waals surface area contributed by atoms with Crippen molar-refractivity contribution in [2.75, 3.05) is 14.2 Å². The first-order chi connectivity index (χ1) is 14.1. The summed E-state index contributed by atoms with van der Waals surface area (Å²) in [4.78, 5) is 11.7. The van der Waals surface area contributed by atoms with Gasteiger partial charge in [0.2, 0.25) is 0 Å². The zero-order chi connectivity index (χ0) is 20.6. The Bertz CT molecular complexity index is 925. The normalized spacial score (nSPS) is 11.6. The third kappa shape index (κ3) is 5.98. The molecule has 0 fully saturated rings. The van der Waals surface area contributed by atoms with E-state index in [2.05, 4.69) is 5.32 Å². The monoisotopic (exact) mass is 411 g/mol. The van der Waals surface area contributed by atoms with Gasteiger partial charge in [-0.2, -0.15) is 0 Å². The van der Waals surface area contributed by atoms with Crippen LogP contribution in [0.3, 0.4) is 0 Å². The van der Waals surface area contributed by atoms with Crippen molar-refractivity contribution in [3.8, 4) is 23.0 Å². The van der Waals surface area contributed by atoms with Crippen molar-refractivity contribution in [3.63, 3.8) is 0 Å². The standard InChI is InChI=1S/C23H22ClNO4/c1-25-22(23(26)27-2)15-16-3-7-18(8-4-16)28-20-11-13-21(14-12-20)29-19-9-5-17(24)6-10-19/h3-14,22,25H,15H2,1-2H3/t22-/m0/s1. The molecule has 0 saturated carbocycles. The second kappa shape index (κ2) is 9.96. The Morgan fingerprint density at radius 1 is 0.828 bits per heavy atom. The Morgan fingerprint density at radius 3 is 1.66 bits per heavy atom. The fourth-order valence-corrected chi connectivity index (χ4v) is 2.85. The van der Waals surface area contributed by atoms with Crippen LogP contribution in [0.4, 0.5) is 0 Å². The van der Waals surface area contributed by atoms with E-state index < -0.39 is 0 Å². The Kier molecular flexibility index (Phi) is 7.11. The molecule has 3 rings (SSSR count). The summed E-state index contributed by atoms with van der Waals surface area (Å²) in [5, 5.41) is 3.62. The van der Waals surface area contributed by atoms with Crippen LogP contribution in [0.5, 0.6) is 23.0 Å². The third-order valence-electron chi connectivity index (χ3n) is 4.31. The molecule has 5 nitrogen and oxygen atoms in total. The number of benzene rings is 3. The Hall–Kier alpha value is -3.02. The fourth-order valence-electron chi connectivity index (χ4n) is 2.73. The first-order valence-electron chi connectivity index (χ1n) is 9.13. The molecular formula is C23H22ClNO4. The maximum Gasteiger partial charge on any atom is 0.323 e. The van der Waals surface area contributed by atoms with E-state index in [1.54, 1.807) is 19.2 Å². The number of methoxy groups -OCH3 is 1. The zero-order valence-corrected chi connectivity index (χ0v) is 17.0. The fraction of sp³-hybridized carbons (Fsp3) is 0.174. The first kappa shape index (κ1) is 20.7. The van der Waals surface area contributed by atoms with E-state index in [0.29, 0.717) is 34.4 Å². The van der Waals surface area contributed by atoms with Crippen molar-refractivity contribution in [2.24, 2.45) is 0 Å². The number of hydrogen-bond donors (Lipinski definition) is 1. The molecule has 6 heteroatoms. The van der Waals surface area contributed by atoms with Gasteiger partial charge in [0.1, 0.15) is 29.0 Å². The van der Waals surface area contributed by atoms with E-state index in [1.165, 1.54) is 7.11 Å². The number of esters is 1. The SMILES string of the molecule is CN[C@@H](Cc1ccc(Oc2ccc(Oc3ccc(Cl)cc3)cc2)cc1)C(=O)OC. The summed E-state index contributed by atoms with van der Waals surface area (Å²) in [6.07, 6.45) is 0.542. The molecule has 0 heterocycles. The van der Waals surface area contributed by atoms with E-state index in [-0.39, 0.29) is 12.0 Å². The van der Waals surface area contributed by atoms with Crippen LogP contribution in [0, 0.1) is 0 Å². The van der Waals surface area contributed by atoms with Crippen LogP contribution < -0.4 is 14.8 Å². The molecule has 0 bridgehead atoms. The molecule has 0 unspecified atom stereocenters. The van der Waals surface area contributed by atoms with Crippen molar-refractivity contribution in [2.45, 2.75) is 12.5 Å². The van der Waals surface area contributed by atoms with Gasteiger partial charge in [-0.3, -0.25) is 4.79 Å². The Balaban J connectivity index is 1.58. The summed E-state index contributed by atoms with van der Waals surface area (Å²) in [7, 11) is 3.12. The van der Waals surface area contributed by atoms with Crippen LogP contribution in [0.2, 0.25) is 5.02 Å². The highest BCUT2D eigenvalue weighted by Crippen LogP contribution is 2.27. The summed E-state index contributed by atoms with van der Waals surface area (Å²) in [5.74, 6) is 2.54. The Labute approximate surface area is 175 Å². The second-order valence-electron chi connectivity index (χ2n) is 6.34. The summed E-state index contributed by atoms with van der Waals surface area (Å²) in [6.45, 7) is 0. The number of halogens is 1. The van der Waals surface area contributed by atoms with Gasteiger partial charge in [-0.25, -0.2) is 0 Å². The predicted octanol–water partition coefficient (Wildman–Crippen LogP) is 5.23. The molecule has 150 valence electrons. The minimum atomic E-state index is -0.375. The maximum absolute atomic E-state index is 11.7. The molecule has 3 aromatic carbocycles. The van der Waals surface area contributed by atoms with Crippen LogP contribution in [-0.4, -0.2) is 26.2 Å². The van der Waals surface area contributed by atoms with Gasteiger partial charge in [0, 0.05) is 5.02 Å². The van der Waals surface area contributed by atoms with E-state index in [0.717, 1.165) is 5.56 Å². The number of carbonyl (C=O) groups is 1. The molecule has 0 aliphatic heterocycles. The number of rotatable bonds is 8. The van der Waals surface area contributed by atoms with Crippen molar-refractivity contribution in [3.05, 3.63) is 83.4 Å². The van der Waals surface area contributed by atoms with Gasteiger partial charge in [-0.05, 0) is 79.7 Å². The largest absolute Gasteiger partial charge is 0.468 e. The van der Waals surface area contributed by atoms with E-state index >= 15 is 0 Å². The Morgan fingerprint density at radius 2 is 1.24 bits per heavy atom. The van der Waals surface area contributed by atoms with E-state index in [1.807, 2.05) is 60.7 Å². The van der Waals surface area contributed by atoms with Crippen molar-refractivity contribution >= 4 is 17.6 Å². The van der Waals surface area contributed by atoms with Gasteiger partial charge in [0.05, 0.1) is 7.11 Å². The smallest absolute Gasteiger partial charge is 0.323 e. The molecule has 3 aromatic rings. The molecule has 0 aromatic heterocycles. The van der Waals surface area contributed by atoms with Gasteiger partial charge in [-0.15, -0.1) is 0 Å². The van der Waals surface area contributed by atoms with Crippen LogP contribution in [-0.2, 0) is 16.0 Å². The lowest BCUT2D eigenvalue weighted by Gasteiger charge is -2.14. The molecule has 0 amide bonds. The maximum atomic E-state index is 11.7. The highest BCUT2D eigenvalue weighted by atomic mass is 35.5. The lowest BCUT2D eigenvalue weighted by molar-refractivity contribution is -0.142. The lowest BCUT2D eigenvalue weighted by Crippen LogP contribution is -2.36. The highest BCUT2D eigenvalue weighted by Gasteiger charge is 2.17. The van der Waals surface area contributed by atoms with Gasteiger partial charge >= 0.3 is 5.97 Å². The number of hydrogen-bond acceptors (Lipinski definition) is 5. The van der Waals surface area contributed by atoms with Crippen LogP contribution in [0.25, 0.3) is 0 Å². The molecule has 0 aliphatic rings. The minimum absolute atomic E-state index is 0.284. The summed E-state index contributed by atoms with van der Waals surface area (Å²) >= 11 is 5.88. The van der Waals surface area contributed by atoms with Crippen LogP contribution in [0.1, 0.15) is 5.56 Å². The molecule has 1 N–H and O–H groups in total. The average molecular weight is 412 g/mol. The number of nitrogens with one attached hydrogen (secondary N) is 1. The number of likely N-dealkylation sites (N-methyl/N-ethyl adjacent to an activating group) is 1. The molecule has 0 saturated heterocycles. The summed E-state index contributed by atoms with van der Waals surface area (Å²) in [5.41, 5.74) is 1.01. The summed E-state index contributed by atoms with van der Waals surface area (Å²) in [6, 6.07) is 21.8. The van der Waals surface area contributed by atoms with Crippen LogP contribution in [0.15, 0.2) is 72.8 Å². The van der Waals surface area contributed by atoms with Crippen LogP contribution >= 0.6 is 11.6 Å². The van der Waals surface area contributed by atoms with Crippen molar-refractivity contribution < 1.29 is 19.0 Å². The zero-order valence-electron chi connectivity index (χ0n) is 16.2. The summed E-state index contributed by atoms with van der Waals surface area (Å²) < 4.78 is 16.4. The van der Waals surface area contributed by atoms with Crippen molar-refractivity contribution in [1.82, 2.24) is 5.32 Å². The highest BCUT2D eigenvalue weighted by molar-refractivity contribution is 6.30. The quantitative estimate of drug-likeness (QED) is 0.514. The van der Waals surface area contributed by atoms with Crippen molar-refractivity contribution in [1.29, 1.82) is 0 Å². The third-order valence-corrected chi connectivity index (χ3v) is 4.56. The van der Waals surface area contributed by atoms with Gasteiger partial charge < -0.3 is 19.5 Å². The number of ether oxygens (including phenoxy) is 3.